The zero-order chi connectivity index (χ0) is 11.0. The van der Waals surface area contributed by atoms with Gasteiger partial charge in [0, 0.05) is 0 Å². The van der Waals surface area contributed by atoms with Gasteiger partial charge in [-0.2, -0.15) is 0 Å². The van der Waals surface area contributed by atoms with Gasteiger partial charge in [0.15, 0.2) is 12.5 Å². The molecule has 0 N–H and O–H groups in total. The summed E-state index contributed by atoms with van der Waals surface area (Å²) in [6.07, 6.45) is -1.94. The monoisotopic (exact) mass is 224 g/mol. The normalized spacial score (nSPS) is 36.8. The van der Waals surface area contributed by atoms with Crippen molar-refractivity contribution in [3.8, 4) is 0 Å². The molecule has 3 rings (SSSR count). The van der Waals surface area contributed by atoms with E-state index in [-0.39, 0.29) is 18.8 Å². The average molecular weight is 224 g/mol. The van der Waals surface area contributed by atoms with Gasteiger partial charge in [0.25, 0.3) is 0 Å². The molecule has 4 atom stereocenters. The Morgan fingerprint density at radius 3 is 2.88 bits per heavy atom. The summed E-state index contributed by atoms with van der Waals surface area (Å²) in [7, 11) is 0. The van der Waals surface area contributed by atoms with E-state index in [9.17, 15) is 4.39 Å². The minimum Gasteiger partial charge on any atom is -0.361 e. The van der Waals surface area contributed by atoms with Crippen molar-refractivity contribution in [3.63, 3.8) is 0 Å². The van der Waals surface area contributed by atoms with Crippen LogP contribution in [-0.2, 0) is 20.8 Å². The van der Waals surface area contributed by atoms with Crippen molar-refractivity contribution in [2.45, 2.75) is 31.3 Å². The van der Waals surface area contributed by atoms with Crippen molar-refractivity contribution < 1.29 is 18.6 Å². The minimum atomic E-state index is -0.999. The smallest absolute Gasteiger partial charge is 0.186 e. The second kappa shape index (κ2) is 4.13. The standard InChI is InChI=1S/C12H13FO3/c13-9-7-15-12(11-10(9)16-11)14-6-8-4-2-1-3-5-8/h1-5,9-12H,6-7H2. The van der Waals surface area contributed by atoms with E-state index < -0.39 is 12.5 Å². The molecular formula is C12H13FO3. The molecule has 1 aromatic rings. The Bertz CT molecular complexity index is 357. The van der Waals surface area contributed by atoms with Crippen LogP contribution >= 0.6 is 0 Å². The number of rotatable bonds is 3. The van der Waals surface area contributed by atoms with Gasteiger partial charge >= 0.3 is 0 Å². The number of fused-ring (bicyclic) bond motifs is 1. The van der Waals surface area contributed by atoms with E-state index in [0.29, 0.717) is 6.61 Å². The Balaban J connectivity index is 1.53. The van der Waals surface area contributed by atoms with Crippen LogP contribution < -0.4 is 0 Å². The molecule has 3 nitrogen and oxygen atoms in total. The van der Waals surface area contributed by atoms with E-state index in [1.54, 1.807) is 0 Å². The molecule has 0 bridgehead atoms. The third kappa shape index (κ3) is 1.96. The zero-order valence-electron chi connectivity index (χ0n) is 8.71. The number of ether oxygens (including phenoxy) is 3. The molecule has 2 fully saturated rings. The highest BCUT2D eigenvalue weighted by Gasteiger charge is 2.55. The van der Waals surface area contributed by atoms with Crippen molar-refractivity contribution in [2.75, 3.05) is 6.61 Å². The van der Waals surface area contributed by atoms with Crippen molar-refractivity contribution in [3.05, 3.63) is 35.9 Å². The predicted octanol–water partition coefficient (Wildman–Crippen LogP) is 1.66. The van der Waals surface area contributed by atoms with Crippen LogP contribution in [0.2, 0.25) is 0 Å². The number of benzene rings is 1. The van der Waals surface area contributed by atoms with Crippen LogP contribution in [0.4, 0.5) is 4.39 Å². The second-order valence-electron chi connectivity index (χ2n) is 4.08. The molecule has 2 aliphatic heterocycles. The molecule has 0 saturated carbocycles. The second-order valence-corrected chi connectivity index (χ2v) is 4.08. The summed E-state index contributed by atoms with van der Waals surface area (Å²) < 4.78 is 29.0. The molecule has 2 saturated heterocycles. The third-order valence-electron chi connectivity index (χ3n) is 2.86. The lowest BCUT2D eigenvalue weighted by Crippen LogP contribution is -2.36. The minimum absolute atomic E-state index is 0.0701. The molecule has 4 heteroatoms. The van der Waals surface area contributed by atoms with Crippen LogP contribution in [0.5, 0.6) is 0 Å². The quantitative estimate of drug-likeness (QED) is 0.732. The molecule has 16 heavy (non-hydrogen) atoms. The van der Waals surface area contributed by atoms with Gasteiger partial charge in [0.05, 0.1) is 13.2 Å². The number of hydrogen-bond acceptors (Lipinski definition) is 3. The summed E-state index contributed by atoms with van der Waals surface area (Å²) in [4.78, 5) is 0. The van der Waals surface area contributed by atoms with Crippen LogP contribution in [0.25, 0.3) is 0 Å². The Morgan fingerprint density at radius 1 is 1.25 bits per heavy atom. The van der Waals surface area contributed by atoms with Crippen molar-refractivity contribution in [1.82, 2.24) is 0 Å². The largest absolute Gasteiger partial charge is 0.361 e. The summed E-state index contributed by atoms with van der Waals surface area (Å²) in [5, 5.41) is 0. The van der Waals surface area contributed by atoms with Crippen molar-refractivity contribution in [2.24, 2.45) is 0 Å². The fourth-order valence-electron chi connectivity index (χ4n) is 1.92. The fourth-order valence-corrected chi connectivity index (χ4v) is 1.92. The molecule has 0 radical (unpaired) electrons. The maximum Gasteiger partial charge on any atom is 0.186 e. The molecular weight excluding hydrogens is 211 g/mol. The van der Waals surface area contributed by atoms with Crippen LogP contribution in [0.1, 0.15) is 5.56 Å². The lowest BCUT2D eigenvalue weighted by molar-refractivity contribution is -0.175. The summed E-state index contributed by atoms with van der Waals surface area (Å²) in [6, 6.07) is 9.81. The van der Waals surface area contributed by atoms with E-state index in [1.807, 2.05) is 30.3 Å². The Labute approximate surface area is 93.1 Å². The SMILES string of the molecule is FC1COC(OCc2ccccc2)C2OC12. The Morgan fingerprint density at radius 2 is 2.06 bits per heavy atom. The Hall–Kier alpha value is -0.970. The lowest BCUT2D eigenvalue weighted by atomic mass is 10.2. The van der Waals surface area contributed by atoms with Crippen LogP contribution in [0, 0.1) is 0 Å². The summed E-state index contributed by atoms with van der Waals surface area (Å²) >= 11 is 0. The summed E-state index contributed by atoms with van der Waals surface area (Å²) in [6.45, 7) is 0.537. The van der Waals surface area contributed by atoms with Gasteiger partial charge in [-0.1, -0.05) is 30.3 Å². The van der Waals surface area contributed by atoms with Crippen LogP contribution in [-0.4, -0.2) is 31.3 Å². The van der Waals surface area contributed by atoms with E-state index in [4.69, 9.17) is 14.2 Å². The molecule has 0 amide bonds. The number of alkyl halides is 1. The molecule has 86 valence electrons. The zero-order valence-corrected chi connectivity index (χ0v) is 8.71. The molecule has 2 heterocycles. The van der Waals surface area contributed by atoms with E-state index in [0.717, 1.165) is 5.56 Å². The van der Waals surface area contributed by atoms with Gasteiger partial charge in [-0.15, -0.1) is 0 Å². The topological polar surface area (TPSA) is 31.0 Å². The highest BCUT2D eigenvalue weighted by molar-refractivity contribution is 5.13. The lowest BCUT2D eigenvalue weighted by Gasteiger charge is -2.21. The summed E-state index contributed by atoms with van der Waals surface area (Å²) in [5.74, 6) is 0. The van der Waals surface area contributed by atoms with E-state index >= 15 is 0 Å². The molecule has 1 aromatic carbocycles. The predicted molar refractivity (Wildman–Crippen MR) is 54.5 cm³/mol. The first kappa shape index (κ1) is 10.2. The molecule has 0 aliphatic carbocycles. The highest BCUT2D eigenvalue weighted by atomic mass is 19.1. The first-order chi connectivity index (χ1) is 7.84. The highest BCUT2D eigenvalue weighted by Crippen LogP contribution is 2.36. The van der Waals surface area contributed by atoms with Crippen molar-refractivity contribution in [1.29, 1.82) is 0 Å². The number of hydrogen-bond donors (Lipinski definition) is 0. The van der Waals surface area contributed by atoms with Gasteiger partial charge < -0.3 is 14.2 Å². The first-order valence-electron chi connectivity index (χ1n) is 5.41. The van der Waals surface area contributed by atoms with Crippen molar-refractivity contribution >= 4 is 0 Å². The molecule has 0 spiro atoms. The number of epoxide rings is 1. The number of halogens is 1. The van der Waals surface area contributed by atoms with Crippen LogP contribution in [0.3, 0.4) is 0 Å². The van der Waals surface area contributed by atoms with Gasteiger partial charge in [-0.05, 0) is 5.56 Å². The van der Waals surface area contributed by atoms with Gasteiger partial charge in [-0.25, -0.2) is 4.39 Å². The van der Waals surface area contributed by atoms with Gasteiger partial charge in [0.1, 0.15) is 12.2 Å². The third-order valence-corrected chi connectivity index (χ3v) is 2.86. The maximum atomic E-state index is 13.0. The van der Waals surface area contributed by atoms with Crippen LogP contribution in [0.15, 0.2) is 30.3 Å². The van der Waals surface area contributed by atoms with Gasteiger partial charge in [0.2, 0.25) is 0 Å². The molecule has 0 aromatic heterocycles. The fraction of sp³-hybridized carbons (Fsp3) is 0.500. The van der Waals surface area contributed by atoms with E-state index in [1.165, 1.54) is 0 Å². The van der Waals surface area contributed by atoms with Gasteiger partial charge in [-0.3, -0.25) is 0 Å². The molecule has 2 aliphatic rings. The molecule has 4 unspecified atom stereocenters. The average Bonchev–Trinajstić information content (AvgIpc) is 3.11. The summed E-state index contributed by atoms with van der Waals surface area (Å²) in [5.41, 5.74) is 1.07. The Kier molecular flexibility index (Phi) is 2.63. The maximum absolute atomic E-state index is 13.0. The van der Waals surface area contributed by atoms with E-state index in [2.05, 4.69) is 0 Å². The first-order valence-corrected chi connectivity index (χ1v) is 5.41.